The van der Waals surface area contributed by atoms with E-state index in [1.807, 2.05) is 6.92 Å². The van der Waals surface area contributed by atoms with Crippen LogP contribution in [0, 0.1) is 0 Å². The highest BCUT2D eigenvalue weighted by Gasteiger charge is 2.10. The second-order valence-electron chi connectivity index (χ2n) is 4.48. The lowest BCUT2D eigenvalue weighted by Gasteiger charge is -2.11. The Hall–Kier alpha value is -2.96. The lowest BCUT2D eigenvalue weighted by atomic mass is 10.3. The molecule has 0 atom stereocenters. The minimum atomic E-state index is -0.618. The molecule has 23 heavy (non-hydrogen) atoms. The van der Waals surface area contributed by atoms with Crippen LogP contribution in [0.2, 0.25) is 0 Å². The van der Waals surface area contributed by atoms with Crippen molar-refractivity contribution >= 4 is 11.9 Å². The summed E-state index contributed by atoms with van der Waals surface area (Å²) >= 11 is 0. The number of carbonyl (C=O) groups excluding carboxylic acids is 2. The fraction of sp³-hybridized carbons (Fsp3) is 0.250. The zero-order valence-electron chi connectivity index (χ0n) is 12.7. The Bertz CT molecular complexity index is 640. The first-order chi connectivity index (χ1) is 11.2. The quantitative estimate of drug-likeness (QED) is 0.816. The number of benzene rings is 1. The lowest BCUT2D eigenvalue weighted by Crippen LogP contribution is -2.41. The molecule has 0 aliphatic carbocycles. The number of ether oxygens (including phenoxy) is 2. The molecule has 7 nitrogen and oxygen atoms in total. The monoisotopic (exact) mass is 318 g/mol. The van der Waals surface area contributed by atoms with Gasteiger partial charge in [-0.15, -0.1) is 0 Å². The number of para-hydroxylation sites is 2. The number of furan rings is 1. The van der Waals surface area contributed by atoms with E-state index < -0.39 is 11.9 Å². The number of hydrogen-bond donors (Lipinski definition) is 2. The first-order valence-electron chi connectivity index (χ1n) is 7.13. The maximum absolute atomic E-state index is 11.7. The van der Waals surface area contributed by atoms with Gasteiger partial charge in [0, 0.05) is 0 Å². The Morgan fingerprint density at radius 3 is 2.48 bits per heavy atom. The molecule has 2 N–H and O–H groups in total. The van der Waals surface area contributed by atoms with E-state index in [-0.39, 0.29) is 13.2 Å². The molecule has 3 amide bonds. The van der Waals surface area contributed by atoms with Crippen LogP contribution >= 0.6 is 0 Å². The van der Waals surface area contributed by atoms with Crippen LogP contribution in [-0.4, -0.2) is 25.2 Å². The SMILES string of the molecule is CCOc1ccccc1OCC(=O)NC(=O)NCc1ccco1. The normalized spacial score (nSPS) is 9.96. The van der Waals surface area contributed by atoms with E-state index >= 15 is 0 Å². The number of amides is 3. The molecule has 7 heteroatoms. The minimum absolute atomic E-state index is 0.195. The third-order valence-corrected chi connectivity index (χ3v) is 2.76. The highest BCUT2D eigenvalue weighted by molar-refractivity contribution is 5.94. The summed E-state index contributed by atoms with van der Waals surface area (Å²) in [5.74, 6) is 1.02. The maximum atomic E-state index is 11.7. The lowest BCUT2D eigenvalue weighted by molar-refractivity contribution is -0.122. The van der Waals surface area contributed by atoms with Gasteiger partial charge >= 0.3 is 6.03 Å². The number of nitrogens with one attached hydrogen (secondary N) is 2. The molecule has 1 aromatic carbocycles. The molecule has 0 aliphatic heterocycles. The molecule has 0 aliphatic rings. The zero-order valence-corrected chi connectivity index (χ0v) is 12.7. The molecule has 2 aromatic rings. The van der Waals surface area contributed by atoms with Gasteiger partial charge in [-0.3, -0.25) is 10.1 Å². The molecule has 0 fully saturated rings. The van der Waals surface area contributed by atoms with E-state index in [0.29, 0.717) is 23.9 Å². The summed E-state index contributed by atoms with van der Waals surface area (Å²) in [5.41, 5.74) is 0. The van der Waals surface area contributed by atoms with Crippen molar-refractivity contribution in [2.75, 3.05) is 13.2 Å². The topological polar surface area (TPSA) is 89.8 Å². The van der Waals surface area contributed by atoms with Gasteiger partial charge in [0.25, 0.3) is 5.91 Å². The van der Waals surface area contributed by atoms with Crippen LogP contribution in [-0.2, 0) is 11.3 Å². The van der Waals surface area contributed by atoms with Crippen LogP contribution in [0.25, 0.3) is 0 Å². The van der Waals surface area contributed by atoms with Crippen LogP contribution in [0.4, 0.5) is 4.79 Å². The van der Waals surface area contributed by atoms with Crippen molar-refractivity contribution < 1.29 is 23.5 Å². The van der Waals surface area contributed by atoms with Crippen molar-refractivity contribution in [1.82, 2.24) is 10.6 Å². The summed E-state index contributed by atoms with van der Waals surface area (Å²) in [6, 6.07) is 9.82. The van der Waals surface area contributed by atoms with Gasteiger partial charge < -0.3 is 19.2 Å². The maximum Gasteiger partial charge on any atom is 0.321 e. The fourth-order valence-corrected chi connectivity index (χ4v) is 1.77. The molecule has 0 radical (unpaired) electrons. The molecular formula is C16H18N2O5. The van der Waals surface area contributed by atoms with Crippen LogP contribution in [0.3, 0.4) is 0 Å². The van der Waals surface area contributed by atoms with E-state index in [1.165, 1.54) is 6.26 Å². The molecule has 0 unspecified atom stereocenters. The highest BCUT2D eigenvalue weighted by atomic mass is 16.5. The molecule has 0 spiro atoms. The van der Waals surface area contributed by atoms with Crippen LogP contribution in [0.1, 0.15) is 12.7 Å². The van der Waals surface area contributed by atoms with E-state index in [1.54, 1.807) is 36.4 Å². The minimum Gasteiger partial charge on any atom is -0.490 e. The average molecular weight is 318 g/mol. The Morgan fingerprint density at radius 2 is 1.83 bits per heavy atom. The van der Waals surface area contributed by atoms with Gasteiger partial charge in [-0.1, -0.05) is 12.1 Å². The predicted octanol–water partition coefficient (Wildman–Crippen LogP) is 2.08. The summed E-state index contributed by atoms with van der Waals surface area (Å²) in [4.78, 5) is 23.3. The standard InChI is InChI=1S/C16H18N2O5/c1-2-21-13-7-3-4-8-14(13)23-11-15(19)18-16(20)17-10-12-6-5-9-22-12/h3-9H,2,10-11H2,1H3,(H2,17,18,19,20). The Morgan fingerprint density at radius 1 is 1.09 bits per heavy atom. The number of urea groups is 1. The molecule has 0 bridgehead atoms. The Labute approximate surface area is 133 Å². The summed E-state index contributed by atoms with van der Waals surface area (Å²) in [7, 11) is 0. The van der Waals surface area contributed by atoms with Crippen LogP contribution in [0.15, 0.2) is 47.1 Å². The van der Waals surface area contributed by atoms with Crippen molar-refractivity contribution in [3.05, 3.63) is 48.4 Å². The van der Waals surface area contributed by atoms with Crippen molar-refractivity contribution in [2.45, 2.75) is 13.5 Å². The summed E-state index contributed by atoms with van der Waals surface area (Å²) in [5, 5.41) is 4.67. The predicted molar refractivity (Wildman–Crippen MR) is 82.2 cm³/mol. The van der Waals surface area contributed by atoms with Crippen molar-refractivity contribution in [3.63, 3.8) is 0 Å². The number of hydrogen-bond acceptors (Lipinski definition) is 5. The van der Waals surface area contributed by atoms with E-state index in [9.17, 15) is 9.59 Å². The van der Waals surface area contributed by atoms with Gasteiger partial charge in [-0.25, -0.2) is 4.79 Å². The van der Waals surface area contributed by atoms with Gasteiger partial charge in [0.15, 0.2) is 18.1 Å². The smallest absolute Gasteiger partial charge is 0.321 e. The zero-order chi connectivity index (χ0) is 16.5. The molecule has 122 valence electrons. The number of rotatable bonds is 7. The van der Waals surface area contributed by atoms with Gasteiger partial charge in [0.2, 0.25) is 0 Å². The Kier molecular flexibility index (Phi) is 6.05. The molecule has 1 aromatic heterocycles. The Balaban J connectivity index is 1.75. The van der Waals surface area contributed by atoms with Gasteiger partial charge in [0.05, 0.1) is 19.4 Å². The second-order valence-corrected chi connectivity index (χ2v) is 4.48. The van der Waals surface area contributed by atoms with E-state index in [4.69, 9.17) is 13.9 Å². The first kappa shape index (κ1) is 16.4. The highest BCUT2D eigenvalue weighted by Crippen LogP contribution is 2.26. The van der Waals surface area contributed by atoms with Crippen molar-refractivity contribution in [1.29, 1.82) is 0 Å². The summed E-state index contributed by atoms with van der Waals surface area (Å²) < 4.78 is 15.8. The van der Waals surface area contributed by atoms with E-state index in [2.05, 4.69) is 10.6 Å². The van der Waals surface area contributed by atoms with Gasteiger partial charge in [-0.2, -0.15) is 0 Å². The van der Waals surface area contributed by atoms with Crippen LogP contribution < -0.4 is 20.1 Å². The van der Waals surface area contributed by atoms with E-state index in [0.717, 1.165) is 0 Å². The third-order valence-electron chi connectivity index (χ3n) is 2.76. The summed E-state index contributed by atoms with van der Waals surface area (Å²) in [6.45, 7) is 2.24. The largest absolute Gasteiger partial charge is 0.490 e. The molecule has 1 heterocycles. The van der Waals surface area contributed by atoms with Crippen molar-refractivity contribution in [2.24, 2.45) is 0 Å². The second kappa shape index (κ2) is 8.47. The van der Waals surface area contributed by atoms with Crippen molar-refractivity contribution in [3.8, 4) is 11.5 Å². The van der Waals surface area contributed by atoms with Gasteiger partial charge in [-0.05, 0) is 31.2 Å². The molecule has 0 saturated carbocycles. The molecule has 2 rings (SSSR count). The third kappa shape index (κ3) is 5.39. The van der Waals surface area contributed by atoms with Gasteiger partial charge in [0.1, 0.15) is 5.76 Å². The first-order valence-corrected chi connectivity index (χ1v) is 7.13. The van der Waals surface area contributed by atoms with Crippen LogP contribution in [0.5, 0.6) is 11.5 Å². The molecular weight excluding hydrogens is 300 g/mol. The summed E-state index contributed by atoms with van der Waals surface area (Å²) in [6.07, 6.45) is 1.50. The number of carbonyl (C=O) groups is 2. The fourth-order valence-electron chi connectivity index (χ4n) is 1.77. The number of imide groups is 1. The molecule has 0 saturated heterocycles. The average Bonchev–Trinajstić information content (AvgIpc) is 3.06.